The highest BCUT2D eigenvalue weighted by Gasteiger charge is 2.17. The van der Waals surface area contributed by atoms with Crippen LogP contribution in [0.25, 0.3) is 0 Å². The first-order valence-electron chi connectivity index (χ1n) is 2.22. The number of rotatable bonds is 1. The summed E-state index contributed by atoms with van der Waals surface area (Å²) in [5.74, 6) is 1.02. The van der Waals surface area contributed by atoms with Gasteiger partial charge in [-0.25, -0.2) is 0 Å². The summed E-state index contributed by atoms with van der Waals surface area (Å²) in [6.45, 7) is 3.75. The molecule has 1 radical (unpaired) electrons. The summed E-state index contributed by atoms with van der Waals surface area (Å²) in [5.41, 5.74) is 0. The maximum Gasteiger partial charge on any atom is -0.0414 e. The van der Waals surface area contributed by atoms with Gasteiger partial charge in [0.2, 0.25) is 0 Å². The first-order chi connectivity index (χ1) is 2.43. The molecule has 0 aliphatic heterocycles. The summed E-state index contributed by atoms with van der Waals surface area (Å²) in [6, 6.07) is 0. The van der Waals surface area contributed by atoms with Crippen LogP contribution in [0.1, 0.15) is 19.3 Å². The van der Waals surface area contributed by atoms with Crippen molar-refractivity contribution in [1.29, 1.82) is 0 Å². The molecule has 1 fully saturated rings. The molecule has 0 aromatic heterocycles. The molecule has 0 nitrogen and oxygen atoms in total. The van der Waals surface area contributed by atoms with Gasteiger partial charge < -0.3 is 0 Å². The summed E-state index contributed by atoms with van der Waals surface area (Å²) in [6.07, 6.45) is 4.06. The van der Waals surface area contributed by atoms with Gasteiger partial charge in [0.05, 0.1) is 0 Å². The van der Waals surface area contributed by atoms with Crippen LogP contribution in [0.2, 0.25) is 0 Å². The minimum atomic E-state index is 1.02. The molecule has 0 bridgehead atoms. The van der Waals surface area contributed by atoms with Gasteiger partial charge in [-0.05, 0) is 5.92 Å². The van der Waals surface area contributed by atoms with Crippen LogP contribution in [-0.4, -0.2) is 0 Å². The van der Waals surface area contributed by atoms with Crippen molar-refractivity contribution >= 4 is 0 Å². The quantitative estimate of drug-likeness (QED) is 0.439. The van der Waals surface area contributed by atoms with E-state index in [4.69, 9.17) is 0 Å². The van der Waals surface area contributed by atoms with Gasteiger partial charge >= 0.3 is 0 Å². The monoisotopic (exact) mass is 69.1 g/mol. The lowest BCUT2D eigenvalue weighted by atomic mass is 10.3. The molecule has 0 aromatic carbocycles. The Kier molecular flexibility index (Phi) is 0.640. The lowest BCUT2D eigenvalue weighted by Gasteiger charge is -1.72. The molecule has 0 heteroatoms. The van der Waals surface area contributed by atoms with Crippen molar-refractivity contribution < 1.29 is 0 Å². The highest BCUT2D eigenvalue weighted by molar-refractivity contribution is 4.72. The van der Waals surface area contributed by atoms with Crippen molar-refractivity contribution in [3.63, 3.8) is 0 Å². The summed E-state index contributed by atoms with van der Waals surface area (Å²) >= 11 is 0. The second-order valence-electron chi connectivity index (χ2n) is 1.73. The topological polar surface area (TPSA) is 0 Å². The van der Waals surface area contributed by atoms with E-state index >= 15 is 0 Å². The molecule has 1 saturated carbocycles. The van der Waals surface area contributed by atoms with E-state index in [2.05, 4.69) is 6.92 Å². The van der Waals surface area contributed by atoms with Gasteiger partial charge in [-0.3, -0.25) is 0 Å². The molecule has 0 saturated heterocycles. The fraction of sp³-hybridized carbons (Fsp3) is 0.800. The molecule has 0 unspecified atom stereocenters. The van der Waals surface area contributed by atoms with Crippen molar-refractivity contribution in [1.82, 2.24) is 0 Å². The normalized spacial score (nSPS) is 23.4. The largest absolute Gasteiger partial charge is 0.0530 e. The SMILES string of the molecule is [CH2]CC1CC1. The zero-order valence-electron chi connectivity index (χ0n) is 3.41. The van der Waals surface area contributed by atoms with E-state index in [9.17, 15) is 0 Å². The predicted octanol–water partition coefficient (Wildman–Crippen LogP) is 1.62. The minimum Gasteiger partial charge on any atom is -0.0530 e. The molecule has 0 amide bonds. The Morgan fingerprint density at radius 1 is 1.60 bits per heavy atom. The van der Waals surface area contributed by atoms with Crippen LogP contribution < -0.4 is 0 Å². The average Bonchev–Trinajstić information content (AvgIpc) is 2.12. The lowest BCUT2D eigenvalue weighted by molar-refractivity contribution is 0.860. The van der Waals surface area contributed by atoms with Crippen LogP contribution in [0.4, 0.5) is 0 Å². The first-order valence-corrected chi connectivity index (χ1v) is 2.22. The fourth-order valence-electron chi connectivity index (χ4n) is 0.407. The Hall–Kier alpha value is 0. The van der Waals surface area contributed by atoms with Crippen LogP contribution in [0.3, 0.4) is 0 Å². The van der Waals surface area contributed by atoms with E-state index in [0.717, 1.165) is 5.92 Å². The molecule has 0 atom stereocenters. The zero-order chi connectivity index (χ0) is 3.70. The molecule has 1 rings (SSSR count). The third-order valence-corrected chi connectivity index (χ3v) is 1.11. The van der Waals surface area contributed by atoms with Gasteiger partial charge in [-0.2, -0.15) is 0 Å². The van der Waals surface area contributed by atoms with E-state index in [1.807, 2.05) is 0 Å². The Labute approximate surface area is 33.2 Å². The fourth-order valence-corrected chi connectivity index (χ4v) is 0.407. The maximum absolute atomic E-state index is 3.75. The van der Waals surface area contributed by atoms with E-state index in [0.29, 0.717) is 0 Å². The second kappa shape index (κ2) is 1.00. The van der Waals surface area contributed by atoms with Crippen LogP contribution in [0, 0.1) is 12.8 Å². The first kappa shape index (κ1) is 3.20. The average molecular weight is 69.1 g/mol. The molecule has 0 heterocycles. The van der Waals surface area contributed by atoms with Gasteiger partial charge in [0, 0.05) is 0 Å². The Morgan fingerprint density at radius 2 is 2.20 bits per heavy atom. The van der Waals surface area contributed by atoms with Gasteiger partial charge in [0.15, 0.2) is 0 Å². The van der Waals surface area contributed by atoms with Gasteiger partial charge in [0.25, 0.3) is 0 Å². The van der Waals surface area contributed by atoms with E-state index in [-0.39, 0.29) is 0 Å². The van der Waals surface area contributed by atoms with E-state index < -0.39 is 0 Å². The smallest absolute Gasteiger partial charge is 0.0414 e. The number of hydrogen-bond acceptors (Lipinski definition) is 0. The van der Waals surface area contributed by atoms with Crippen molar-refractivity contribution in [2.24, 2.45) is 5.92 Å². The zero-order valence-corrected chi connectivity index (χ0v) is 3.41. The molecular weight excluding hydrogens is 60.1 g/mol. The number of hydrogen-bond donors (Lipinski definition) is 0. The summed E-state index contributed by atoms with van der Waals surface area (Å²) in [4.78, 5) is 0. The highest BCUT2D eigenvalue weighted by Crippen LogP contribution is 2.31. The van der Waals surface area contributed by atoms with Gasteiger partial charge in [0.1, 0.15) is 0 Å². The molecule has 29 valence electrons. The van der Waals surface area contributed by atoms with Crippen LogP contribution in [-0.2, 0) is 0 Å². The van der Waals surface area contributed by atoms with E-state index in [1.54, 1.807) is 0 Å². The van der Waals surface area contributed by atoms with Crippen molar-refractivity contribution in [3.8, 4) is 0 Å². The van der Waals surface area contributed by atoms with Crippen LogP contribution >= 0.6 is 0 Å². The molecular formula is C5H9. The maximum atomic E-state index is 3.75. The van der Waals surface area contributed by atoms with Crippen molar-refractivity contribution in [3.05, 3.63) is 6.92 Å². The Balaban J connectivity index is 2.00. The third kappa shape index (κ3) is 0.640. The minimum absolute atomic E-state index is 1.02. The molecule has 5 heavy (non-hydrogen) atoms. The second-order valence-corrected chi connectivity index (χ2v) is 1.73. The molecule has 0 aromatic rings. The van der Waals surface area contributed by atoms with Crippen molar-refractivity contribution in [2.75, 3.05) is 0 Å². The standard InChI is InChI=1S/C5H9/c1-2-5-3-4-5/h5H,1-4H2. The molecule has 1 aliphatic rings. The Bertz CT molecular complexity index is 27.0. The highest BCUT2D eigenvalue weighted by atomic mass is 14.2. The van der Waals surface area contributed by atoms with Crippen LogP contribution in [0.15, 0.2) is 0 Å². The summed E-state index contributed by atoms with van der Waals surface area (Å²) in [5, 5.41) is 0. The Morgan fingerprint density at radius 3 is 2.20 bits per heavy atom. The van der Waals surface area contributed by atoms with E-state index in [1.165, 1.54) is 19.3 Å². The van der Waals surface area contributed by atoms with Gasteiger partial charge in [-0.15, -0.1) is 0 Å². The predicted molar refractivity (Wildman–Crippen MR) is 22.7 cm³/mol. The third-order valence-electron chi connectivity index (χ3n) is 1.11. The lowest BCUT2D eigenvalue weighted by Crippen LogP contribution is -1.60. The van der Waals surface area contributed by atoms with Gasteiger partial charge in [-0.1, -0.05) is 26.2 Å². The molecule has 0 N–H and O–H groups in total. The van der Waals surface area contributed by atoms with Crippen LogP contribution in [0.5, 0.6) is 0 Å². The molecule has 1 aliphatic carbocycles. The summed E-state index contributed by atoms with van der Waals surface area (Å²) < 4.78 is 0. The molecule has 0 spiro atoms. The van der Waals surface area contributed by atoms with Crippen molar-refractivity contribution in [2.45, 2.75) is 19.3 Å². The summed E-state index contributed by atoms with van der Waals surface area (Å²) in [7, 11) is 0.